The van der Waals surface area contributed by atoms with Crippen molar-refractivity contribution in [3.63, 3.8) is 0 Å². The first-order valence-corrected chi connectivity index (χ1v) is 10.9. The third kappa shape index (κ3) is 8.91. The molecule has 1 unspecified atom stereocenters. The van der Waals surface area contributed by atoms with Crippen LogP contribution >= 0.6 is 24.0 Å². The molecule has 0 amide bonds. The molecule has 0 saturated carbocycles. The van der Waals surface area contributed by atoms with Gasteiger partial charge in [-0.05, 0) is 38.0 Å². The van der Waals surface area contributed by atoms with Crippen molar-refractivity contribution in [3.8, 4) is 11.5 Å². The molecule has 32 heavy (non-hydrogen) atoms. The molecule has 2 aromatic carbocycles. The van der Waals surface area contributed by atoms with Crippen molar-refractivity contribution in [2.24, 2.45) is 10.9 Å². The molecular weight excluding hydrogens is 524 g/mol. The number of hydrogen-bond donors (Lipinski definition) is 2. The van der Waals surface area contributed by atoms with Gasteiger partial charge in [-0.3, -0.25) is 0 Å². The summed E-state index contributed by atoms with van der Waals surface area (Å²) in [5.41, 5.74) is 0.880. The average molecular weight is 557 g/mol. The maximum atomic E-state index is 13.9. The maximum Gasteiger partial charge on any atom is 0.191 e. The molecule has 176 valence electrons. The smallest absolute Gasteiger partial charge is 0.191 e. The molecule has 0 aromatic heterocycles. The monoisotopic (exact) mass is 557 g/mol. The van der Waals surface area contributed by atoms with Crippen molar-refractivity contribution in [1.82, 2.24) is 10.6 Å². The largest absolute Gasteiger partial charge is 0.454 e. The summed E-state index contributed by atoms with van der Waals surface area (Å²) in [7, 11) is 0. The van der Waals surface area contributed by atoms with Gasteiger partial charge in [-0.1, -0.05) is 30.3 Å². The fourth-order valence-corrected chi connectivity index (χ4v) is 3.23. The summed E-state index contributed by atoms with van der Waals surface area (Å²) < 4.78 is 30.8. The van der Waals surface area contributed by atoms with Gasteiger partial charge in [0.05, 0.1) is 19.8 Å². The number of ether oxygens (including phenoxy) is 3. The Morgan fingerprint density at radius 3 is 2.66 bits per heavy atom. The van der Waals surface area contributed by atoms with Crippen LogP contribution in [0, 0.1) is 11.7 Å². The van der Waals surface area contributed by atoms with Gasteiger partial charge in [0.1, 0.15) is 5.75 Å². The van der Waals surface area contributed by atoms with Crippen LogP contribution < -0.4 is 15.4 Å². The molecule has 0 aliphatic carbocycles. The first kappa shape index (κ1) is 26.3. The Bertz CT molecular complexity index is 832. The molecule has 0 spiro atoms. The normalized spacial score (nSPS) is 15.8. The second kappa shape index (κ2) is 15.0. The minimum atomic E-state index is -0.390. The van der Waals surface area contributed by atoms with E-state index in [0.29, 0.717) is 24.8 Å². The Labute approximate surface area is 207 Å². The molecule has 1 aliphatic rings. The van der Waals surface area contributed by atoms with E-state index in [1.165, 1.54) is 6.07 Å². The highest BCUT2D eigenvalue weighted by Crippen LogP contribution is 2.27. The quantitative estimate of drug-likeness (QED) is 0.181. The van der Waals surface area contributed by atoms with E-state index in [9.17, 15) is 4.39 Å². The predicted octanol–water partition coefficient (Wildman–Crippen LogP) is 4.73. The Hall–Kier alpha value is -1.91. The standard InChI is InChI=1S/C24H32FN3O3.HI/c1-2-26-24(27-13-7-14-29-17-19-12-15-30-18-19)28-16-20-8-3-5-10-22(20)31-23-11-6-4-9-21(23)25;/h3-6,8-11,19H,2,7,12-18H2,1H3,(H2,26,27,28);1H. The van der Waals surface area contributed by atoms with Gasteiger partial charge in [0, 0.05) is 37.8 Å². The van der Waals surface area contributed by atoms with Gasteiger partial charge in [-0.2, -0.15) is 0 Å². The molecule has 3 rings (SSSR count). The zero-order valence-corrected chi connectivity index (χ0v) is 20.8. The Kier molecular flexibility index (Phi) is 12.4. The van der Waals surface area contributed by atoms with Crippen LogP contribution in [0.5, 0.6) is 11.5 Å². The molecule has 2 aromatic rings. The molecule has 1 heterocycles. The Morgan fingerprint density at radius 1 is 1.12 bits per heavy atom. The number of guanidine groups is 1. The minimum Gasteiger partial charge on any atom is -0.454 e. The summed E-state index contributed by atoms with van der Waals surface area (Å²) >= 11 is 0. The SMILES string of the molecule is CCNC(=NCc1ccccc1Oc1ccccc1F)NCCCOCC1CCOC1.I. The molecule has 0 radical (unpaired) electrons. The first-order chi connectivity index (χ1) is 15.3. The number of rotatable bonds is 11. The van der Waals surface area contributed by atoms with E-state index in [1.807, 2.05) is 31.2 Å². The summed E-state index contributed by atoms with van der Waals surface area (Å²) in [6.07, 6.45) is 1.99. The van der Waals surface area contributed by atoms with Crippen LogP contribution in [-0.4, -0.2) is 45.5 Å². The van der Waals surface area contributed by atoms with Crippen molar-refractivity contribution in [1.29, 1.82) is 0 Å². The van der Waals surface area contributed by atoms with Gasteiger partial charge in [0.2, 0.25) is 0 Å². The van der Waals surface area contributed by atoms with E-state index in [2.05, 4.69) is 15.6 Å². The topological polar surface area (TPSA) is 64.1 Å². The summed E-state index contributed by atoms with van der Waals surface area (Å²) in [4.78, 5) is 4.65. The van der Waals surface area contributed by atoms with Crippen molar-refractivity contribution in [2.45, 2.75) is 26.3 Å². The highest BCUT2D eigenvalue weighted by atomic mass is 127. The molecule has 2 N–H and O–H groups in total. The van der Waals surface area contributed by atoms with E-state index in [-0.39, 0.29) is 29.7 Å². The summed E-state index contributed by atoms with van der Waals surface area (Å²) in [5, 5.41) is 6.58. The average Bonchev–Trinajstić information content (AvgIpc) is 3.30. The summed E-state index contributed by atoms with van der Waals surface area (Å²) in [5.74, 6) is 1.67. The molecular formula is C24H33FIN3O3. The van der Waals surface area contributed by atoms with Crippen LogP contribution in [0.25, 0.3) is 0 Å². The second-order valence-corrected chi connectivity index (χ2v) is 7.42. The molecule has 6 nitrogen and oxygen atoms in total. The Balaban J connectivity index is 0.00000363. The van der Waals surface area contributed by atoms with Crippen LogP contribution in [0.3, 0.4) is 0 Å². The van der Waals surface area contributed by atoms with Crippen LogP contribution in [0.15, 0.2) is 53.5 Å². The highest BCUT2D eigenvalue weighted by molar-refractivity contribution is 14.0. The summed E-state index contributed by atoms with van der Waals surface area (Å²) in [6, 6.07) is 13.9. The van der Waals surface area contributed by atoms with Crippen LogP contribution in [0.4, 0.5) is 4.39 Å². The number of hydrogen-bond acceptors (Lipinski definition) is 4. The van der Waals surface area contributed by atoms with Crippen LogP contribution in [-0.2, 0) is 16.0 Å². The van der Waals surface area contributed by atoms with Crippen molar-refractivity contribution >= 4 is 29.9 Å². The van der Waals surface area contributed by atoms with Gasteiger partial charge >= 0.3 is 0 Å². The number of nitrogens with one attached hydrogen (secondary N) is 2. The molecule has 1 saturated heterocycles. The summed E-state index contributed by atoms with van der Waals surface area (Å²) in [6.45, 7) is 7.12. The van der Waals surface area contributed by atoms with E-state index in [4.69, 9.17) is 14.2 Å². The van der Waals surface area contributed by atoms with E-state index in [0.717, 1.165) is 57.3 Å². The fourth-order valence-electron chi connectivity index (χ4n) is 3.23. The third-order valence-electron chi connectivity index (χ3n) is 4.92. The van der Waals surface area contributed by atoms with Gasteiger partial charge in [0.15, 0.2) is 17.5 Å². The van der Waals surface area contributed by atoms with Crippen molar-refractivity contribution < 1.29 is 18.6 Å². The van der Waals surface area contributed by atoms with Crippen molar-refractivity contribution in [2.75, 3.05) is 39.5 Å². The highest BCUT2D eigenvalue weighted by Gasteiger charge is 2.15. The zero-order chi connectivity index (χ0) is 21.7. The van der Waals surface area contributed by atoms with Crippen LogP contribution in [0.2, 0.25) is 0 Å². The maximum absolute atomic E-state index is 13.9. The van der Waals surface area contributed by atoms with Crippen LogP contribution in [0.1, 0.15) is 25.3 Å². The number of aliphatic imine (C=N–C) groups is 1. The third-order valence-corrected chi connectivity index (χ3v) is 4.92. The lowest BCUT2D eigenvalue weighted by molar-refractivity contribution is 0.0888. The molecule has 0 bridgehead atoms. The van der Waals surface area contributed by atoms with Gasteiger partial charge in [-0.25, -0.2) is 9.38 Å². The molecule has 1 atom stereocenters. The number of nitrogens with zero attached hydrogens (tertiary/aromatic N) is 1. The molecule has 1 fully saturated rings. The number of benzene rings is 2. The molecule has 1 aliphatic heterocycles. The van der Waals surface area contributed by atoms with E-state index < -0.39 is 5.82 Å². The lowest BCUT2D eigenvalue weighted by Gasteiger charge is -2.13. The van der Waals surface area contributed by atoms with E-state index >= 15 is 0 Å². The number of para-hydroxylation sites is 2. The number of halogens is 2. The molecule has 8 heteroatoms. The Morgan fingerprint density at radius 2 is 1.91 bits per heavy atom. The van der Waals surface area contributed by atoms with Gasteiger partial charge < -0.3 is 24.8 Å². The van der Waals surface area contributed by atoms with E-state index in [1.54, 1.807) is 18.2 Å². The fraction of sp³-hybridized carbons (Fsp3) is 0.458. The van der Waals surface area contributed by atoms with Crippen molar-refractivity contribution in [3.05, 3.63) is 59.9 Å². The lowest BCUT2D eigenvalue weighted by Crippen LogP contribution is -2.38. The lowest BCUT2D eigenvalue weighted by atomic mass is 10.1. The zero-order valence-electron chi connectivity index (χ0n) is 18.5. The first-order valence-electron chi connectivity index (χ1n) is 10.9. The minimum absolute atomic E-state index is 0. The second-order valence-electron chi connectivity index (χ2n) is 7.42. The van der Waals surface area contributed by atoms with Gasteiger partial charge in [-0.15, -0.1) is 24.0 Å². The predicted molar refractivity (Wildman–Crippen MR) is 136 cm³/mol. The van der Waals surface area contributed by atoms with Gasteiger partial charge in [0.25, 0.3) is 0 Å².